The first-order chi connectivity index (χ1) is 14.9. The topological polar surface area (TPSA) is 159 Å². The lowest BCUT2D eigenvalue weighted by Crippen LogP contribution is -2.60. The predicted octanol–water partition coefficient (Wildman–Crippen LogP) is 0.412. The Labute approximate surface area is 177 Å². The second kappa shape index (κ2) is 10.1. The SMILES string of the molecule is CCC=CCCOc1ccc2c(O)c(O[C@@H]3O[C@H](CO)[C@H](O)[C@H](O)[C@H]3O)c(=O)oc2c1. The Kier molecular flexibility index (Phi) is 7.52. The summed E-state index contributed by atoms with van der Waals surface area (Å²) in [6.45, 7) is 1.79. The molecule has 170 valence electrons. The highest BCUT2D eigenvalue weighted by Gasteiger charge is 2.45. The Hall–Kier alpha value is -2.63. The highest BCUT2D eigenvalue weighted by Crippen LogP contribution is 2.35. The average Bonchev–Trinajstić information content (AvgIpc) is 2.76. The molecule has 1 aromatic heterocycles. The number of aromatic hydroxyl groups is 1. The van der Waals surface area contributed by atoms with Gasteiger partial charge in [-0.15, -0.1) is 0 Å². The number of fused-ring (bicyclic) bond motifs is 1. The number of allylic oxidation sites excluding steroid dienone is 1. The second-order valence-corrected chi connectivity index (χ2v) is 7.06. The van der Waals surface area contributed by atoms with Crippen molar-refractivity contribution in [3.05, 3.63) is 40.8 Å². The minimum Gasteiger partial charge on any atom is -0.504 e. The summed E-state index contributed by atoms with van der Waals surface area (Å²) in [6, 6.07) is 4.52. The summed E-state index contributed by atoms with van der Waals surface area (Å²) in [4.78, 5) is 12.4. The summed E-state index contributed by atoms with van der Waals surface area (Å²) >= 11 is 0. The maximum absolute atomic E-state index is 12.4. The van der Waals surface area contributed by atoms with Gasteiger partial charge in [0.15, 0.2) is 5.75 Å². The quantitative estimate of drug-likeness (QED) is 0.222. The van der Waals surface area contributed by atoms with Crippen LogP contribution in [0.5, 0.6) is 17.2 Å². The zero-order valence-electron chi connectivity index (χ0n) is 16.9. The number of aliphatic hydroxyl groups excluding tert-OH is 4. The first-order valence-electron chi connectivity index (χ1n) is 9.92. The Morgan fingerprint density at radius 2 is 1.90 bits per heavy atom. The molecule has 1 fully saturated rings. The predicted molar refractivity (Wildman–Crippen MR) is 108 cm³/mol. The van der Waals surface area contributed by atoms with E-state index >= 15 is 0 Å². The Morgan fingerprint density at radius 3 is 2.61 bits per heavy atom. The van der Waals surface area contributed by atoms with Gasteiger partial charge in [-0.1, -0.05) is 19.1 Å². The van der Waals surface area contributed by atoms with Gasteiger partial charge < -0.3 is 44.2 Å². The van der Waals surface area contributed by atoms with Crippen LogP contribution in [0.4, 0.5) is 0 Å². The van der Waals surface area contributed by atoms with Crippen LogP contribution in [0.1, 0.15) is 19.8 Å². The van der Waals surface area contributed by atoms with E-state index in [0.717, 1.165) is 6.42 Å². The molecule has 0 unspecified atom stereocenters. The second-order valence-electron chi connectivity index (χ2n) is 7.06. The summed E-state index contributed by atoms with van der Waals surface area (Å²) in [6.07, 6.45) is -2.22. The van der Waals surface area contributed by atoms with Crippen LogP contribution in [0.3, 0.4) is 0 Å². The van der Waals surface area contributed by atoms with Crippen molar-refractivity contribution >= 4 is 11.0 Å². The van der Waals surface area contributed by atoms with Gasteiger partial charge in [-0.05, 0) is 25.0 Å². The number of hydrogen-bond acceptors (Lipinski definition) is 10. The van der Waals surface area contributed by atoms with Crippen molar-refractivity contribution in [3.8, 4) is 17.2 Å². The first kappa shape index (κ1) is 23.0. The molecule has 0 aliphatic carbocycles. The molecule has 1 saturated heterocycles. The minimum atomic E-state index is -1.75. The van der Waals surface area contributed by atoms with Crippen LogP contribution in [0.15, 0.2) is 39.6 Å². The van der Waals surface area contributed by atoms with E-state index in [0.29, 0.717) is 18.8 Å². The van der Waals surface area contributed by atoms with Crippen molar-refractivity contribution in [2.75, 3.05) is 13.2 Å². The molecule has 0 saturated carbocycles. The standard InChI is InChI=1S/C21H26O10/c1-2-3-4-5-8-28-11-6-7-12-13(9-11)29-20(27)19(15(12)23)31-21-18(26)17(25)16(24)14(10-22)30-21/h3-4,6-7,9,14,16-18,21-26H,2,5,8,10H2,1H3/t14-,16+,17+,18-,21+/m1/s1. The number of aliphatic hydroxyl groups is 4. The molecule has 0 bridgehead atoms. The van der Waals surface area contributed by atoms with Gasteiger partial charge in [0, 0.05) is 6.07 Å². The van der Waals surface area contributed by atoms with Crippen molar-refractivity contribution in [3.63, 3.8) is 0 Å². The zero-order chi connectivity index (χ0) is 22.5. The molecule has 1 aliphatic heterocycles. The molecule has 3 rings (SSSR count). The molecule has 10 nitrogen and oxygen atoms in total. The van der Waals surface area contributed by atoms with Crippen LogP contribution in [0.2, 0.25) is 0 Å². The van der Waals surface area contributed by atoms with Crippen LogP contribution >= 0.6 is 0 Å². The molecule has 2 aromatic rings. The maximum Gasteiger partial charge on any atom is 0.383 e. The van der Waals surface area contributed by atoms with Gasteiger partial charge in [0.25, 0.3) is 5.75 Å². The number of ether oxygens (including phenoxy) is 3. The third-order valence-corrected chi connectivity index (χ3v) is 4.85. The number of rotatable bonds is 8. The monoisotopic (exact) mass is 438 g/mol. The smallest absolute Gasteiger partial charge is 0.383 e. The van der Waals surface area contributed by atoms with Crippen LogP contribution in [0.25, 0.3) is 11.0 Å². The molecule has 0 radical (unpaired) electrons. The fourth-order valence-corrected chi connectivity index (χ4v) is 3.15. The van der Waals surface area contributed by atoms with Gasteiger partial charge in [-0.3, -0.25) is 0 Å². The van der Waals surface area contributed by atoms with Gasteiger partial charge >= 0.3 is 5.63 Å². The molecule has 1 aromatic carbocycles. The van der Waals surface area contributed by atoms with Crippen molar-refractivity contribution < 1.29 is 44.2 Å². The molecule has 0 amide bonds. The summed E-state index contributed by atoms with van der Waals surface area (Å²) in [7, 11) is 0. The van der Waals surface area contributed by atoms with E-state index in [2.05, 4.69) is 0 Å². The van der Waals surface area contributed by atoms with Gasteiger partial charge in [0.2, 0.25) is 6.29 Å². The highest BCUT2D eigenvalue weighted by molar-refractivity contribution is 5.86. The summed E-state index contributed by atoms with van der Waals surface area (Å²) in [5.74, 6) is -0.751. The Morgan fingerprint density at radius 1 is 1.13 bits per heavy atom. The van der Waals surface area contributed by atoms with Gasteiger partial charge in [-0.25, -0.2) is 4.79 Å². The van der Waals surface area contributed by atoms with Crippen molar-refractivity contribution in [1.82, 2.24) is 0 Å². The third kappa shape index (κ3) is 5.00. The lowest BCUT2D eigenvalue weighted by Gasteiger charge is -2.39. The minimum absolute atomic E-state index is 0.0604. The Balaban J connectivity index is 1.81. The maximum atomic E-state index is 12.4. The molecular formula is C21H26O10. The van der Waals surface area contributed by atoms with E-state index in [-0.39, 0.29) is 11.0 Å². The van der Waals surface area contributed by atoms with E-state index in [4.69, 9.17) is 18.6 Å². The van der Waals surface area contributed by atoms with Crippen LogP contribution in [-0.2, 0) is 4.74 Å². The first-order valence-corrected chi connectivity index (χ1v) is 9.92. The van der Waals surface area contributed by atoms with Gasteiger partial charge in [0.1, 0.15) is 35.7 Å². The van der Waals surface area contributed by atoms with E-state index in [9.17, 15) is 30.3 Å². The van der Waals surface area contributed by atoms with E-state index in [1.54, 1.807) is 6.07 Å². The van der Waals surface area contributed by atoms with Gasteiger partial charge in [0.05, 0.1) is 18.6 Å². The van der Waals surface area contributed by atoms with Crippen LogP contribution in [0, 0.1) is 0 Å². The molecule has 1 aliphatic rings. The van der Waals surface area contributed by atoms with Crippen molar-refractivity contribution in [2.24, 2.45) is 0 Å². The Bertz CT molecular complexity index is 967. The van der Waals surface area contributed by atoms with E-state index in [1.807, 2.05) is 19.1 Å². The fourth-order valence-electron chi connectivity index (χ4n) is 3.15. The highest BCUT2D eigenvalue weighted by atomic mass is 16.7. The molecule has 5 atom stereocenters. The number of benzene rings is 1. The largest absolute Gasteiger partial charge is 0.504 e. The lowest BCUT2D eigenvalue weighted by atomic mass is 9.99. The average molecular weight is 438 g/mol. The normalized spacial score (nSPS) is 26.4. The van der Waals surface area contributed by atoms with Crippen LogP contribution < -0.4 is 15.1 Å². The van der Waals surface area contributed by atoms with E-state index < -0.39 is 54.4 Å². The number of hydrogen-bond donors (Lipinski definition) is 5. The van der Waals surface area contributed by atoms with Gasteiger partial charge in [-0.2, -0.15) is 0 Å². The molecular weight excluding hydrogens is 412 g/mol. The zero-order valence-corrected chi connectivity index (χ0v) is 16.9. The van der Waals surface area contributed by atoms with E-state index in [1.165, 1.54) is 12.1 Å². The molecule has 5 N–H and O–H groups in total. The third-order valence-electron chi connectivity index (χ3n) is 4.85. The van der Waals surface area contributed by atoms with Crippen LogP contribution in [-0.4, -0.2) is 69.5 Å². The molecule has 0 spiro atoms. The molecule has 31 heavy (non-hydrogen) atoms. The fraction of sp³-hybridized carbons (Fsp3) is 0.476. The molecule has 2 heterocycles. The summed E-state index contributed by atoms with van der Waals surface area (Å²) < 4.78 is 21.3. The lowest BCUT2D eigenvalue weighted by molar-refractivity contribution is -0.278. The summed E-state index contributed by atoms with van der Waals surface area (Å²) in [5.41, 5.74) is -0.991. The van der Waals surface area contributed by atoms with Crippen molar-refractivity contribution in [1.29, 1.82) is 0 Å². The summed E-state index contributed by atoms with van der Waals surface area (Å²) in [5, 5.41) is 49.7. The van der Waals surface area contributed by atoms with Crippen molar-refractivity contribution in [2.45, 2.75) is 50.5 Å². The molecule has 10 heteroatoms.